The first-order valence-electron chi connectivity index (χ1n) is 11.7. The normalized spacial score (nSPS) is 12.2. The lowest BCUT2D eigenvalue weighted by Crippen LogP contribution is -2.49. The molecule has 0 saturated carbocycles. The second-order valence-electron chi connectivity index (χ2n) is 8.37. The second-order valence-corrected chi connectivity index (χ2v) is 10.7. The van der Waals surface area contributed by atoms with Crippen molar-refractivity contribution in [2.45, 2.75) is 52.1 Å². The van der Waals surface area contributed by atoms with E-state index in [1.54, 1.807) is 31.2 Å². The van der Waals surface area contributed by atoms with Gasteiger partial charge in [0.15, 0.2) is 11.6 Å². The zero-order valence-electron chi connectivity index (χ0n) is 20.6. The molecule has 198 valence electrons. The molecular weight excluding hydrogens is 512 g/mol. The van der Waals surface area contributed by atoms with Crippen molar-refractivity contribution in [1.82, 2.24) is 10.2 Å². The van der Waals surface area contributed by atoms with Crippen LogP contribution in [0.1, 0.15) is 45.1 Å². The van der Waals surface area contributed by atoms with E-state index < -0.39 is 27.7 Å². The second kappa shape index (κ2) is 13.5. The van der Waals surface area contributed by atoms with Crippen molar-refractivity contribution in [2.75, 3.05) is 23.7 Å². The topological polar surface area (TPSA) is 86.8 Å². The van der Waals surface area contributed by atoms with E-state index in [4.69, 9.17) is 11.6 Å². The van der Waals surface area contributed by atoms with Crippen LogP contribution in [0.4, 0.5) is 14.5 Å². The molecule has 1 unspecified atom stereocenters. The zero-order chi connectivity index (χ0) is 26.9. The molecule has 11 heteroatoms. The monoisotopic (exact) mass is 543 g/mol. The van der Waals surface area contributed by atoms with Crippen molar-refractivity contribution in [3.05, 3.63) is 64.7 Å². The number of amides is 2. The van der Waals surface area contributed by atoms with Crippen molar-refractivity contribution in [3.8, 4) is 0 Å². The summed E-state index contributed by atoms with van der Waals surface area (Å²) in [5.41, 5.74) is 0.635. The van der Waals surface area contributed by atoms with Crippen LogP contribution in [0.25, 0.3) is 0 Å². The van der Waals surface area contributed by atoms with Crippen LogP contribution in [0.5, 0.6) is 0 Å². The molecule has 0 spiro atoms. The SMILES string of the molecule is CCCNC(=O)C(CC)N(Cc1ccccc1Cl)C(=O)CCCN(c1ccc(F)c(F)c1)S(C)(=O)=O. The Hall–Kier alpha value is -2.72. The first-order valence-corrected chi connectivity index (χ1v) is 14.0. The van der Waals surface area contributed by atoms with Crippen LogP contribution in [-0.4, -0.2) is 50.5 Å². The fraction of sp³-hybridized carbons (Fsp3) is 0.440. The van der Waals surface area contributed by atoms with Crippen molar-refractivity contribution in [1.29, 1.82) is 0 Å². The number of anilines is 1. The Bertz CT molecular complexity index is 1160. The number of carbonyl (C=O) groups is 2. The van der Waals surface area contributed by atoms with Gasteiger partial charge >= 0.3 is 0 Å². The van der Waals surface area contributed by atoms with Gasteiger partial charge in [-0.05, 0) is 43.0 Å². The zero-order valence-corrected chi connectivity index (χ0v) is 22.2. The smallest absolute Gasteiger partial charge is 0.242 e. The predicted octanol–water partition coefficient (Wildman–Crippen LogP) is 4.50. The molecule has 0 bridgehead atoms. The van der Waals surface area contributed by atoms with Gasteiger partial charge in [0.2, 0.25) is 21.8 Å². The third-order valence-electron chi connectivity index (χ3n) is 5.58. The molecule has 0 aliphatic rings. The lowest BCUT2D eigenvalue weighted by atomic mass is 10.1. The van der Waals surface area contributed by atoms with Crippen molar-refractivity contribution >= 4 is 39.1 Å². The summed E-state index contributed by atoms with van der Waals surface area (Å²) < 4.78 is 52.6. The maximum atomic E-state index is 13.7. The van der Waals surface area contributed by atoms with E-state index in [2.05, 4.69) is 5.32 Å². The number of hydrogen-bond acceptors (Lipinski definition) is 4. The molecule has 7 nitrogen and oxygen atoms in total. The van der Waals surface area contributed by atoms with E-state index in [1.165, 1.54) is 4.90 Å². The van der Waals surface area contributed by atoms with Crippen LogP contribution >= 0.6 is 11.6 Å². The van der Waals surface area contributed by atoms with Crippen LogP contribution in [0.2, 0.25) is 5.02 Å². The number of benzene rings is 2. The van der Waals surface area contributed by atoms with Gasteiger partial charge in [-0.25, -0.2) is 17.2 Å². The first kappa shape index (κ1) is 29.5. The van der Waals surface area contributed by atoms with Crippen LogP contribution in [0, 0.1) is 11.6 Å². The van der Waals surface area contributed by atoms with E-state index in [1.807, 2.05) is 6.92 Å². The third kappa shape index (κ3) is 8.16. The molecule has 2 rings (SSSR count). The number of halogens is 3. The average Bonchev–Trinajstić information content (AvgIpc) is 2.82. The maximum Gasteiger partial charge on any atom is 0.242 e. The molecule has 2 amide bonds. The summed E-state index contributed by atoms with van der Waals surface area (Å²) >= 11 is 6.30. The first-order chi connectivity index (χ1) is 17.0. The minimum atomic E-state index is -3.83. The van der Waals surface area contributed by atoms with Gasteiger partial charge in [-0.1, -0.05) is 43.6 Å². The van der Waals surface area contributed by atoms with Crippen molar-refractivity contribution < 1.29 is 26.8 Å². The predicted molar refractivity (Wildman–Crippen MR) is 137 cm³/mol. The Labute approximate surface area is 216 Å². The summed E-state index contributed by atoms with van der Waals surface area (Å²) in [6.45, 7) is 4.18. The molecule has 0 aromatic heterocycles. The Balaban J connectivity index is 2.23. The molecule has 0 aliphatic heterocycles. The number of carbonyl (C=O) groups excluding carboxylic acids is 2. The number of nitrogens with one attached hydrogen (secondary N) is 1. The summed E-state index contributed by atoms with van der Waals surface area (Å²) in [5, 5.41) is 3.28. The highest BCUT2D eigenvalue weighted by atomic mass is 35.5. The number of rotatable bonds is 13. The fourth-order valence-corrected chi connectivity index (χ4v) is 4.89. The molecule has 2 aromatic carbocycles. The fourth-order valence-electron chi connectivity index (χ4n) is 3.74. The Morgan fingerprint density at radius 2 is 1.78 bits per heavy atom. The molecule has 0 aliphatic carbocycles. The van der Waals surface area contributed by atoms with Crippen LogP contribution < -0.4 is 9.62 Å². The summed E-state index contributed by atoms with van der Waals surface area (Å²) in [4.78, 5) is 27.6. The summed E-state index contributed by atoms with van der Waals surface area (Å²) in [5.74, 6) is -2.90. The number of sulfonamides is 1. The molecule has 1 N–H and O–H groups in total. The summed E-state index contributed by atoms with van der Waals surface area (Å²) in [7, 11) is -3.83. The summed E-state index contributed by atoms with van der Waals surface area (Å²) in [6, 6.07) is 9.09. The van der Waals surface area contributed by atoms with Gasteiger partial charge in [0.1, 0.15) is 6.04 Å². The van der Waals surface area contributed by atoms with Gasteiger partial charge in [0.05, 0.1) is 11.9 Å². The largest absolute Gasteiger partial charge is 0.354 e. The highest BCUT2D eigenvalue weighted by molar-refractivity contribution is 7.92. The Kier molecular flexibility index (Phi) is 11.1. The van der Waals surface area contributed by atoms with E-state index in [0.29, 0.717) is 23.6 Å². The van der Waals surface area contributed by atoms with Crippen LogP contribution in [0.3, 0.4) is 0 Å². The lowest BCUT2D eigenvalue weighted by molar-refractivity contribution is -0.141. The van der Waals surface area contributed by atoms with Crippen molar-refractivity contribution in [3.63, 3.8) is 0 Å². The molecule has 36 heavy (non-hydrogen) atoms. The molecule has 0 radical (unpaired) electrons. The van der Waals surface area contributed by atoms with E-state index in [-0.39, 0.29) is 43.4 Å². The standard InChI is InChI=1S/C25H32ClF2N3O4S/c1-4-14-29-25(33)23(5-2)30(17-18-9-6-7-10-20(18)26)24(32)11-8-15-31(36(3,34)35)19-12-13-21(27)22(28)16-19/h6-7,9-10,12-13,16,23H,4-5,8,11,14-15,17H2,1-3H3,(H,29,33). The van der Waals surface area contributed by atoms with Crippen LogP contribution in [0.15, 0.2) is 42.5 Å². The van der Waals surface area contributed by atoms with Gasteiger partial charge in [-0.3, -0.25) is 13.9 Å². The highest BCUT2D eigenvalue weighted by Gasteiger charge is 2.29. The van der Waals surface area contributed by atoms with E-state index >= 15 is 0 Å². The maximum absolute atomic E-state index is 13.7. The lowest BCUT2D eigenvalue weighted by Gasteiger charge is -2.31. The van der Waals surface area contributed by atoms with E-state index in [0.717, 1.165) is 35.2 Å². The molecule has 2 aromatic rings. The van der Waals surface area contributed by atoms with Gasteiger partial charge in [0, 0.05) is 37.1 Å². The number of hydrogen-bond donors (Lipinski definition) is 1. The van der Waals surface area contributed by atoms with E-state index in [9.17, 15) is 26.8 Å². The number of nitrogens with zero attached hydrogens (tertiary/aromatic N) is 2. The van der Waals surface area contributed by atoms with Crippen molar-refractivity contribution in [2.24, 2.45) is 0 Å². The molecule has 0 heterocycles. The quantitative estimate of drug-likeness (QED) is 0.403. The highest BCUT2D eigenvalue weighted by Crippen LogP contribution is 2.23. The minimum Gasteiger partial charge on any atom is -0.354 e. The molecule has 1 atom stereocenters. The minimum absolute atomic E-state index is 0.0397. The molecular formula is C25H32ClF2N3O4S. The van der Waals surface area contributed by atoms with Gasteiger partial charge in [-0.15, -0.1) is 0 Å². The van der Waals surface area contributed by atoms with Crippen LogP contribution in [-0.2, 0) is 26.2 Å². The van der Waals surface area contributed by atoms with Gasteiger partial charge in [-0.2, -0.15) is 0 Å². The Morgan fingerprint density at radius 1 is 1.08 bits per heavy atom. The summed E-state index contributed by atoms with van der Waals surface area (Å²) in [6.07, 6.45) is 2.08. The van der Waals surface area contributed by atoms with Gasteiger partial charge < -0.3 is 10.2 Å². The molecule has 0 saturated heterocycles. The van der Waals surface area contributed by atoms with Gasteiger partial charge in [0.25, 0.3) is 0 Å². The third-order valence-corrected chi connectivity index (χ3v) is 7.14. The average molecular weight is 544 g/mol. The Morgan fingerprint density at radius 3 is 2.36 bits per heavy atom. The molecule has 0 fully saturated rings.